The molecule has 0 aliphatic carbocycles. The summed E-state index contributed by atoms with van der Waals surface area (Å²) in [5.41, 5.74) is 2.81. The number of imide groups is 1. The highest BCUT2D eigenvalue weighted by Gasteiger charge is 2.40. The van der Waals surface area contributed by atoms with Gasteiger partial charge in [-0.15, -0.1) is 0 Å². The second-order valence-corrected chi connectivity index (χ2v) is 9.19. The maximum Gasteiger partial charge on any atom is 0.255 e. The highest BCUT2D eigenvalue weighted by Crippen LogP contribution is 2.35. The van der Waals surface area contributed by atoms with Gasteiger partial charge in [0, 0.05) is 37.3 Å². The van der Waals surface area contributed by atoms with Crippen LogP contribution in [0, 0.1) is 5.82 Å². The summed E-state index contributed by atoms with van der Waals surface area (Å²) in [6, 6.07) is 6.29. The fourth-order valence-electron chi connectivity index (χ4n) is 5.21. The molecule has 5 rings (SSSR count). The Morgan fingerprint density at radius 2 is 1.94 bits per heavy atom. The lowest BCUT2D eigenvalue weighted by Crippen LogP contribution is -2.52. The van der Waals surface area contributed by atoms with Gasteiger partial charge in [-0.1, -0.05) is 12.1 Å². The van der Waals surface area contributed by atoms with Crippen LogP contribution >= 0.6 is 0 Å². The third-order valence-corrected chi connectivity index (χ3v) is 7.08. The van der Waals surface area contributed by atoms with E-state index in [1.807, 2.05) is 24.4 Å². The van der Waals surface area contributed by atoms with Crippen LogP contribution in [0.3, 0.4) is 0 Å². The normalized spacial score (nSPS) is 21.5. The van der Waals surface area contributed by atoms with Gasteiger partial charge in [0.1, 0.15) is 11.9 Å². The van der Waals surface area contributed by atoms with Crippen molar-refractivity contribution in [2.24, 2.45) is 0 Å². The third kappa shape index (κ3) is 4.27. The summed E-state index contributed by atoms with van der Waals surface area (Å²) in [6.07, 6.45) is 3.95. The van der Waals surface area contributed by atoms with E-state index in [4.69, 9.17) is 4.74 Å². The molecule has 0 bridgehead atoms. The van der Waals surface area contributed by atoms with E-state index in [0.717, 1.165) is 43.6 Å². The van der Waals surface area contributed by atoms with Crippen LogP contribution < -0.4 is 10.1 Å². The molecule has 0 radical (unpaired) electrons. The number of nitrogens with zero attached hydrogens (tertiary/aromatic N) is 3. The Kier molecular flexibility index (Phi) is 6.03. The maximum atomic E-state index is 15.1. The Balaban J connectivity index is 1.25. The van der Waals surface area contributed by atoms with E-state index in [1.165, 1.54) is 11.0 Å². The van der Waals surface area contributed by atoms with Crippen LogP contribution in [-0.4, -0.2) is 58.7 Å². The highest BCUT2D eigenvalue weighted by molar-refractivity contribution is 6.05. The van der Waals surface area contributed by atoms with Gasteiger partial charge in [0.05, 0.1) is 7.11 Å². The fraction of sp³-hybridized carbons (Fsp3) is 0.440. The molecule has 3 amide bonds. The number of hydrogen-bond acceptors (Lipinski definition) is 6. The Labute approximate surface area is 197 Å². The molecule has 8 nitrogen and oxygen atoms in total. The van der Waals surface area contributed by atoms with E-state index in [1.54, 1.807) is 7.11 Å². The average Bonchev–Trinajstić information content (AvgIpc) is 3.15. The number of halogens is 1. The molecule has 4 heterocycles. The highest BCUT2D eigenvalue weighted by atomic mass is 19.1. The van der Waals surface area contributed by atoms with Crippen LogP contribution in [-0.2, 0) is 22.7 Å². The molecule has 2 saturated heterocycles. The number of fused-ring (bicyclic) bond motifs is 1. The van der Waals surface area contributed by atoms with Gasteiger partial charge in [-0.3, -0.25) is 24.6 Å². The summed E-state index contributed by atoms with van der Waals surface area (Å²) >= 11 is 0. The van der Waals surface area contributed by atoms with Crippen molar-refractivity contribution in [1.82, 2.24) is 20.1 Å². The van der Waals surface area contributed by atoms with E-state index in [2.05, 4.69) is 15.2 Å². The smallest absolute Gasteiger partial charge is 0.255 e. The lowest BCUT2D eigenvalue weighted by atomic mass is 9.87. The molecule has 2 aromatic rings. The minimum Gasteiger partial charge on any atom is -0.481 e. The number of ether oxygens (including phenoxy) is 1. The first-order chi connectivity index (χ1) is 16.4. The SMILES string of the molecule is COc1ccc(CN2CCC(c3cc4c(cc3F)C(=O)N(C3CCC(=O)NC3=O)C4)CC2)cn1. The fourth-order valence-corrected chi connectivity index (χ4v) is 5.21. The van der Waals surface area contributed by atoms with Crippen LogP contribution in [0.2, 0.25) is 0 Å². The minimum atomic E-state index is -0.695. The molecule has 0 saturated carbocycles. The molecule has 1 aromatic heterocycles. The molecule has 1 N–H and O–H groups in total. The summed E-state index contributed by atoms with van der Waals surface area (Å²) in [4.78, 5) is 44.6. The van der Waals surface area contributed by atoms with Crippen LogP contribution in [0.5, 0.6) is 5.88 Å². The topological polar surface area (TPSA) is 91.8 Å². The Morgan fingerprint density at radius 3 is 2.62 bits per heavy atom. The second kappa shape index (κ2) is 9.13. The lowest BCUT2D eigenvalue weighted by Gasteiger charge is -2.32. The van der Waals surface area contributed by atoms with E-state index in [-0.39, 0.29) is 36.5 Å². The Morgan fingerprint density at radius 1 is 1.15 bits per heavy atom. The second-order valence-electron chi connectivity index (χ2n) is 9.19. The number of carbonyl (C=O) groups excluding carboxylic acids is 3. The van der Waals surface area contributed by atoms with Gasteiger partial charge in [-0.2, -0.15) is 0 Å². The van der Waals surface area contributed by atoms with Gasteiger partial charge in [-0.05, 0) is 61.0 Å². The van der Waals surface area contributed by atoms with E-state index < -0.39 is 11.9 Å². The number of likely N-dealkylation sites (tertiary alicyclic amines) is 1. The first kappa shape index (κ1) is 22.5. The van der Waals surface area contributed by atoms with Crippen molar-refractivity contribution in [2.45, 2.75) is 50.7 Å². The number of benzene rings is 1. The quantitative estimate of drug-likeness (QED) is 0.681. The van der Waals surface area contributed by atoms with Gasteiger partial charge in [0.25, 0.3) is 5.91 Å². The first-order valence-corrected chi connectivity index (χ1v) is 11.6. The lowest BCUT2D eigenvalue weighted by molar-refractivity contribution is -0.136. The van der Waals surface area contributed by atoms with Gasteiger partial charge < -0.3 is 9.64 Å². The van der Waals surface area contributed by atoms with Gasteiger partial charge in [-0.25, -0.2) is 9.37 Å². The monoisotopic (exact) mass is 466 g/mol. The summed E-state index contributed by atoms with van der Waals surface area (Å²) in [7, 11) is 1.59. The Hall–Kier alpha value is -3.33. The number of hydrogen-bond donors (Lipinski definition) is 1. The van der Waals surface area contributed by atoms with Crippen molar-refractivity contribution in [1.29, 1.82) is 0 Å². The van der Waals surface area contributed by atoms with Crippen molar-refractivity contribution >= 4 is 17.7 Å². The van der Waals surface area contributed by atoms with Crippen molar-refractivity contribution in [3.63, 3.8) is 0 Å². The number of nitrogens with one attached hydrogen (secondary N) is 1. The maximum absolute atomic E-state index is 15.1. The molecule has 0 spiro atoms. The van der Waals surface area contributed by atoms with Crippen LogP contribution in [0.1, 0.15) is 58.6 Å². The largest absolute Gasteiger partial charge is 0.481 e. The predicted octanol–water partition coefficient (Wildman–Crippen LogP) is 2.37. The zero-order chi connectivity index (χ0) is 23.8. The minimum absolute atomic E-state index is 0.0790. The molecular formula is C25H27FN4O4. The third-order valence-electron chi connectivity index (χ3n) is 7.08. The Bertz CT molecular complexity index is 1130. The van der Waals surface area contributed by atoms with Gasteiger partial charge in [0.2, 0.25) is 17.7 Å². The summed E-state index contributed by atoms with van der Waals surface area (Å²) in [6.45, 7) is 2.73. The molecule has 1 aromatic carbocycles. The van der Waals surface area contributed by atoms with Crippen molar-refractivity contribution < 1.29 is 23.5 Å². The van der Waals surface area contributed by atoms with Gasteiger partial charge >= 0.3 is 0 Å². The molecule has 9 heteroatoms. The van der Waals surface area contributed by atoms with E-state index in [9.17, 15) is 14.4 Å². The number of pyridine rings is 1. The summed E-state index contributed by atoms with van der Waals surface area (Å²) in [5, 5.41) is 2.29. The van der Waals surface area contributed by atoms with Crippen LogP contribution in [0.25, 0.3) is 0 Å². The predicted molar refractivity (Wildman–Crippen MR) is 120 cm³/mol. The van der Waals surface area contributed by atoms with E-state index in [0.29, 0.717) is 23.4 Å². The standard InChI is InChI=1S/C25H27FN4O4/c1-34-23-5-2-15(12-27-23)13-29-8-6-16(7-9-29)18-10-17-14-30(25(33)19(17)11-20(18)26)21-3-4-22(31)28-24(21)32/h2,5,10-12,16,21H,3-4,6-9,13-14H2,1H3,(H,28,31,32). The molecule has 178 valence electrons. The number of methoxy groups -OCH3 is 1. The molecular weight excluding hydrogens is 439 g/mol. The summed E-state index contributed by atoms with van der Waals surface area (Å²) in [5.74, 6) is -0.835. The zero-order valence-corrected chi connectivity index (χ0v) is 19.1. The molecule has 3 aliphatic rings. The van der Waals surface area contributed by atoms with Crippen LogP contribution in [0.15, 0.2) is 30.5 Å². The molecule has 3 aliphatic heterocycles. The summed E-state index contributed by atoms with van der Waals surface area (Å²) < 4.78 is 20.2. The molecule has 1 atom stereocenters. The molecule has 34 heavy (non-hydrogen) atoms. The number of rotatable bonds is 5. The molecule has 2 fully saturated rings. The number of piperidine rings is 2. The number of aromatic nitrogens is 1. The first-order valence-electron chi connectivity index (χ1n) is 11.6. The average molecular weight is 467 g/mol. The van der Waals surface area contributed by atoms with Crippen molar-refractivity contribution in [3.05, 3.63) is 58.5 Å². The van der Waals surface area contributed by atoms with Crippen LogP contribution in [0.4, 0.5) is 4.39 Å². The number of carbonyl (C=O) groups is 3. The van der Waals surface area contributed by atoms with Gasteiger partial charge in [0.15, 0.2) is 0 Å². The molecule has 1 unspecified atom stereocenters. The van der Waals surface area contributed by atoms with Crippen molar-refractivity contribution in [3.8, 4) is 5.88 Å². The van der Waals surface area contributed by atoms with Crippen molar-refractivity contribution in [2.75, 3.05) is 20.2 Å². The number of amides is 3. The zero-order valence-electron chi connectivity index (χ0n) is 19.1. The van der Waals surface area contributed by atoms with E-state index >= 15 is 4.39 Å².